The summed E-state index contributed by atoms with van der Waals surface area (Å²) in [6.07, 6.45) is 4.05. The molecule has 1 aliphatic heterocycles. The highest BCUT2D eigenvalue weighted by Crippen LogP contribution is 2.32. The highest BCUT2D eigenvalue weighted by Gasteiger charge is 2.29. The Balaban J connectivity index is 1.74. The van der Waals surface area contributed by atoms with Gasteiger partial charge in [-0.1, -0.05) is 0 Å². The number of amides is 1. The fourth-order valence-electron chi connectivity index (χ4n) is 3.60. The molecule has 0 aliphatic carbocycles. The summed E-state index contributed by atoms with van der Waals surface area (Å²) in [5, 5.41) is 14.0. The second-order valence-corrected chi connectivity index (χ2v) is 6.93. The number of aromatic nitrogens is 1. The molecule has 1 fully saturated rings. The minimum Gasteiger partial charge on any atom is -0.353 e. The van der Waals surface area contributed by atoms with Crippen molar-refractivity contribution in [2.75, 3.05) is 18.4 Å². The van der Waals surface area contributed by atoms with Gasteiger partial charge in [-0.05, 0) is 62.6 Å². The summed E-state index contributed by atoms with van der Waals surface area (Å²) in [5.74, 6) is -0.225. The van der Waals surface area contributed by atoms with Crippen LogP contribution >= 0.6 is 0 Å². The highest BCUT2D eigenvalue weighted by atomic mass is 16.6. The third-order valence-corrected chi connectivity index (χ3v) is 5.12. The molecule has 0 bridgehead atoms. The van der Waals surface area contributed by atoms with Crippen LogP contribution in [-0.4, -0.2) is 33.4 Å². The van der Waals surface area contributed by atoms with Gasteiger partial charge in [0.1, 0.15) is 5.69 Å². The van der Waals surface area contributed by atoms with E-state index in [1.807, 2.05) is 33.2 Å². The quantitative estimate of drug-likeness (QED) is 0.658. The van der Waals surface area contributed by atoms with Gasteiger partial charge in [0.15, 0.2) is 0 Å². The number of nitrogens with zero attached hydrogens (tertiary/aromatic N) is 3. The molecule has 1 unspecified atom stereocenters. The molecule has 1 atom stereocenters. The molecular formula is C19H24N4O3. The maximum absolute atomic E-state index is 12.6. The van der Waals surface area contributed by atoms with Crippen molar-refractivity contribution in [3.63, 3.8) is 0 Å². The van der Waals surface area contributed by atoms with Crippen LogP contribution in [0.15, 0.2) is 30.5 Å². The van der Waals surface area contributed by atoms with Crippen LogP contribution in [-0.2, 0) is 11.8 Å². The first kappa shape index (κ1) is 18.1. The average Bonchev–Trinajstić information content (AvgIpc) is 3.18. The Morgan fingerprint density at radius 1 is 1.35 bits per heavy atom. The van der Waals surface area contributed by atoms with Gasteiger partial charge in [-0.2, -0.15) is 0 Å². The Morgan fingerprint density at radius 2 is 2.08 bits per heavy atom. The number of benzene rings is 1. The van der Waals surface area contributed by atoms with E-state index in [0.717, 1.165) is 30.5 Å². The molecule has 7 heteroatoms. The number of nitro benzene ring substituents is 1. The van der Waals surface area contributed by atoms with Crippen LogP contribution < -0.4 is 5.32 Å². The molecule has 1 N–H and O–H groups in total. The smallest absolute Gasteiger partial charge is 0.293 e. The zero-order valence-corrected chi connectivity index (χ0v) is 15.4. The van der Waals surface area contributed by atoms with Crippen LogP contribution in [0.3, 0.4) is 0 Å². The Kier molecular flexibility index (Phi) is 5.08. The van der Waals surface area contributed by atoms with E-state index in [0.29, 0.717) is 0 Å². The summed E-state index contributed by atoms with van der Waals surface area (Å²) in [5.41, 5.74) is 3.12. The molecule has 0 radical (unpaired) electrons. The number of hydrogen-bond donors (Lipinski definition) is 1. The molecule has 26 heavy (non-hydrogen) atoms. The second kappa shape index (κ2) is 7.29. The van der Waals surface area contributed by atoms with E-state index in [2.05, 4.69) is 20.9 Å². The summed E-state index contributed by atoms with van der Waals surface area (Å²) < 4.78 is 2.08. The van der Waals surface area contributed by atoms with Crippen molar-refractivity contribution in [3.8, 4) is 0 Å². The van der Waals surface area contributed by atoms with Gasteiger partial charge in [-0.15, -0.1) is 0 Å². The molecular weight excluding hydrogens is 332 g/mol. The Hall–Kier alpha value is -2.67. The molecule has 0 saturated carbocycles. The van der Waals surface area contributed by atoms with Gasteiger partial charge in [0, 0.05) is 25.0 Å². The number of anilines is 1. The summed E-state index contributed by atoms with van der Waals surface area (Å²) in [6, 6.07) is 7.47. The Morgan fingerprint density at radius 3 is 2.73 bits per heavy atom. The van der Waals surface area contributed by atoms with E-state index >= 15 is 0 Å². The Bertz CT molecular complexity index is 843. The third kappa shape index (κ3) is 3.62. The van der Waals surface area contributed by atoms with E-state index in [1.54, 1.807) is 6.07 Å². The molecule has 3 rings (SSSR count). The van der Waals surface area contributed by atoms with Crippen LogP contribution in [0.25, 0.3) is 0 Å². The lowest BCUT2D eigenvalue weighted by molar-refractivity contribution is -0.384. The van der Waals surface area contributed by atoms with Crippen LogP contribution in [0, 0.1) is 24.0 Å². The van der Waals surface area contributed by atoms with Crippen molar-refractivity contribution < 1.29 is 9.72 Å². The first-order valence-electron chi connectivity index (χ1n) is 8.77. The number of nitro groups is 1. The summed E-state index contributed by atoms with van der Waals surface area (Å²) in [7, 11) is 2.00. The fraction of sp³-hybridized carbons (Fsp3) is 0.421. The number of rotatable bonds is 5. The predicted molar refractivity (Wildman–Crippen MR) is 100 cm³/mol. The molecule has 2 heterocycles. The van der Waals surface area contributed by atoms with Crippen molar-refractivity contribution in [2.45, 2.75) is 32.7 Å². The predicted octanol–water partition coefficient (Wildman–Crippen LogP) is 3.33. The van der Waals surface area contributed by atoms with Gasteiger partial charge in [0.05, 0.1) is 17.5 Å². The van der Waals surface area contributed by atoms with Crippen LogP contribution in [0.1, 0.15) is 35.7 Å². The molecule has 1 aromatic carbocycles. The number of aryl methyl sites for hydroxylation is 3. The molecule has 1 aliphatic rings. The number of nitrogens with one attached hydrogen (secondary N) is 1. The molecule has 0 spiro atoms. The second-order valence-electron chi connectivity index (χ2n) is 6.93. The lowest BCUT2D eigenvalue weighted by Gasteiger charge is -2.24. The van der Waals surface area contributed by atoms with Crippen LogP contribution in [0.2, 0.25) is 0 Å². The minimum absolute atomic E-state index is 0.0677. The van der Waals surface area contributed by atoms with E-state index in [4.69, 9.17) is 0 Å². The van der Waals surface area contributed by atoms with E-state index in [-0.39, 0.29) is 29.9 Å². The number of hydrogen-bond acceptors (Lipinski definition) is 4. The first-order valence-corrected chi connectivity index (χ1v) is 8.77. The monoisotopic (exact) mass is 356 g/mol. The molecule has 1 saturated heterocycles. The summed E-state index contributed by atoms with van der Waals surface area (Å²) in [4.78, 5) is 25.5. The van der Waals surface area contributed by atoms with Gasteiger partial charge in [0.25, 0.3) is 5.69 Å². The molecule has 7 nitrogen and oxygen atoms in total. The van der Waals surface area contributed by atoms with E-state index in [9.17, 15) is 14.9 Å². The minimum atomic E-state index is -0.454. The van der Waals surface area contributed by atoms with Gasteiger partial charge >= 0.3 is 0 Å². The van der Waals surface area contributed by atoms with Crippen molar-refractivity contribution in [1.29, 1.82) is 0 Å². The maximum Gasteiger partial charge on any atom is 0.293 e. The fourth-order valence-corrected chi connectivity index (χ4v) is 3.60. The van der Waals surface area contributed by atoms with Crippen LogP contribution in [0.5, 0.6) is 0 Å². The third-order valence-electron chi connectivity index (χ3n) is 5.12. The molecule has 1 amide bonds. The summed E-state index contributed by atoms with van der Waals surface area (Å²) >= 11 is 0. The molecule has 138 valence electrons. The van der Waals surface area contributed by atoms with Crippen molar-refractivity contribution in [3.05, 3.63) is 57.4 Å². The first-order chi connectivity index (χ1) is 12.4. The van der Waals surface area contributed by atoms with Crippen LogP contribution in [0.4, 0.5) is 11.4 Å². The molecule has 1 aromatic heterocycles. The SMILES string of the molecule is Cc1cc(NC(=O)CN2CCCC2c2cccn2C)c([N+](=O)[O-])cc1C. The normalized spacial score (nSPS) is 17.4. The number of carbonyl (C=O) groups is 1. The van der Waals surface area contributed by atoms with Crippen molar-refractivity contribution >= 4 is 17.3 Å². The lowest BCUT2D eigenvalue weighted by atomic mass is 10.1. The highest BCUT2D eigenvalue weighted by molar-refractivity contribution is 5.94. The largest absolute Gasteiger partial charge is 0.353 e. The van der Waals surface area contributed by atoms with Gasteiger partial charge in [-0.25, -0.2) is 0 Å². The molecule has 2 aromatic rings. The maximum atomic E-state index is 12.6. The zero-order valence-electron chi connectivity index (χ0n) is 15.4. The van der Waals surface area contributed by atoms with E-state index in [1.165, 1.54) is 11.8 Å². The zero-order chi connectivity index (χ0) is 18.8. The van der Waals surface area contributed by atoms with Gasteiger partial charge in [0.2, 0.25) is 5.91 Å². The van der Waals surface area contributed by atoms with Gasteiger partial charge < -0.3 is 9.88 Å². The summed E-state index contributed by atoms with van der Waals surface area (Å²) in [6.45, 7) is 4.77. The Labute approximate surface area is 152 Å². The van der Waals surface area contributed by atoms with Crippen molar-refractivity contribution in [2.24, 2.45) is 7.05 Å². The lowest BCUT2D eigenvalue weighted by Crippen LogP contribution is -2.33. The standard InChI is InChI=1S/C19H24N4O3/c1-13-10-15(18(23(25)26)11-14(13)2)20-19(24)12-22-9-5-7-17(22)16-6-4-8-21(16)3/h4,6,8,10-11,17H,5,7,9,12H2,1-3H3,(H,20,24). The van der Waals surface area contributed by atoms with E-state index < -0.39 is 4.92 Å². The van der Waals surface area contributed by atoms with Gasteiger partial charge in [-0.3, -0.25) is 19.8 Å². The topological polar surface area (TPSA) is 80.4 Å². The van der Waals surface area contributed by atoms with Crippen molar-refractivity contribution in [1.82, 2.24) is 9.47 Å². The number of likely N-dealkylation sites (tertiary alicyclic amines) is 1. The average molecular weight is 356 g/mol. The number of carbonyl (C=O) groups excluding carboxylic acids is 1.